The van der Waals surface area contributed by atoms with Crippen LogP contribution in [0.15, 0.2) is 54.0 Å². The Labute approximate surface area is 136 Å². The smallest absolute Gasteiger partial charge is 0.266 e. The minimum atomic E-state index is -3.86. The van der Waals surface area contributed by atoms with Crippen molar-refractivity contribution in [3.8, 4) is 0 Å². The number of nitrogens with zero attached hydrogens (tertiary/aromatic N) is 1. The zero-order valence-electron chi connectivity index (χ0n) is 12.9. The number of rotatable bonds is 11. The second-order valence-corrected chi connectivity index (χ2v) is 6.48. The van der Waals surface area contributed by atoms with Crippen molar-refractivity contribution in [2.24, 2.45) is 0 Å². The number of allylic oxidation sites excluding steroid dienone is 3. The van der Waals surface area contributed by atoms with Crippen LogP contribution in [0.3, 0.4) is 0 Å². The summed E-state index contributed by atoms with van der Waals surface area (Å²) in [5.41, 5.74) is -0.160. The zero-order valence-corrected chi connectivity index (χ0v) is 13.7. The Balaban J connectivity index is 2.34. The molecular weight excluding hydrogens is 318 g/mol. The van der Waals surface area contributed by atoms with Gasteiger partial charge in [-0.1, -0.05) is 18.2 Å². The lowest BCUT2D eigenvalue weighted by molar-refractivity contribution is -0.384. The summed E-state index contributed by atoms with van der Waals surface area (Å²) in [5, 5.41) is 10.5. The van der Waals surface area contributed by atoms with E-state index in [1.165, 1.54) is 12.1 Å². The van der Waals surface area contributed by atoms with Gasteiger partial charge in [0, 0.05) is 12.1 Å². The average molecular weight is 339 g/mol. The number of nitro groups is 1. The van der Waals surface area contributed by atoms with Crippen molar-refractivity contribution < 1.29 is 17.5 Å². The SMILES string of the molecule is C=CCCC=CCCCCOS(=O)(=O)c1ccc([N+](=O)[O-])cc1. The summed E-state index contributed by atoms with van der Waals surface area (Å²) in [6, 6.07) is 4.64. The van der Waals surface area contributed by atoms with Crippen LogP contribution in [0.25, 0.3) is 0 Å². The highest BCUT2D eigenvalue weighted by molar-refractivity contribution is 7.86. The van der Waals surface area contributed by atoms with Crippen molar-refractivity contribution in [3.05, 3.63) is 59.2 Å². The third kappa shape index (κ3) is 7.21. The molecule has 23 heavy (non-hydrogen) atoms. The van der Waals surface area contributed by atoms with Crippen LogP contribution in [0.2, 0.25) is 0 Å². The Kier molecular flexibility index (Phi) is 8.21. The summed E-state index contributed by atoms with van der Waals surface area (Å²) in [6.07, 6.45) is 10.3. The molecule has 1 aromatic carbocycles. The summed E-state index contributed by atoms with van der Waals surface area (Å²) in [4.78, 5) is 9.87. The Morgan fingerprint density at radius 3 is 2.35 bits per heavy atom. The van der Waals surface area contributed by atoms with E-state index in [1.54, 1.807) is 0 Å². The molecule has 0 N–H and O–H groups in total. The van der Waals surface area contributed by atoms with Crippen LogP contribution in [0, 0.1) is 10.1 Å². The Morgan fingerprint density at radius 2 is 1.74 bits per heavy atom. The minimum absolute atomic E-state index is 0.0765. The maximum atomic E-state index is 11.9. The number of benzene rings is 1. The maximum Gasteiger partial charge on any atom is 0.296 e. The Morgan fingerprint density at radius 1 is 1.09 bits per heavy atom. The van der Waals surface area contributed by atoms with Crippen molar-refractivity contribution in [1.82, 2.24) is 0 Å². The summed E-state index contributed by atoms with van der Waals surface area (Å²) in [6.45, 7) is 3.74. The number of unbranched alkanes of at least 4 members (excludes halogenated alkanes) is 3. The highest BCUT2D eigenvalue weighted by Crippen LogP contribution is 2.17. The largest absolute Gasteiger partial charge is 0.296 e. The van der Waals surface area contributed by atoms with E-state index in [0.29, 0.717) is 6.42 Å². The molecule has 0 aliphatic heterocycles. The molecule has 0 radical (unpaired) electrons. The van der Waals surface area contributed by atoms with Crippen LogP contribution in [0.4, 0.5) is 5.69 Å². The van der Waals surface area contributed by atoms with E-state index in [9.17, 15) is 18.5 Å². The second kappa shape index (κ2) is 9.91. The van der Waals surface area contributed by atoms with Crippen LogP contribution in [-0.4, -0.2) is 19.9 Å². The molecule has 0 bridgehead atoms. The molecule has 1 rings (SSSR count). The van der Waals surface area contributed by atoms with Crippen LogP contribution in [0.1, 0.15) is 32.1 Å². The van der Waals surface area contributed by atoms with E-state index in [4.69, 9.17) is 4.18 Å². The van der Waals surface area contributed by atoms with Crippen molar-refractivity contribution in [3.63, 3.8) is 0 Å². The van der Waals surface area contributed by atoms with Gasteiger partial charge in [0.1, 0.15) is 0 Å². The van der Waals surface area contributed by atoms with Gasteiger partial charge in [-0.25, -0.2) is 0 Å². The number of hydrogen-bond acceptors (Lipinski definition) is 5. The lowest BCUT2D eigenvalue weighted by Gasteiger charge is -2.05. The normalized spacial score (nSPS) is 11.7. The van der Waals surface area contributed by atoms with Gasteiger partial charge < -0.3 is 0 Å². The topological polar surface area (TPSA) is 86.5 Å². The lowest BCUT2D eigenvalue weighted by atomic mass is 10.2. The molecule has 6 nitrogen and oxygen atoms in total. The predicted molar refractivity (Wildman–Crippen MR) is 88.7 cm³/mol. The minimum Gasteiger partial charge on any atom is -0.266 e. The van der Waals surface area contributed by atoms with Crippen LogP contribution in [-0.2, 0) is 14.3 Å². The van der Waals surface area contributed by atoms with E-state index in [-0.39, 0.29) is 17.2 Å². The molecular formula is C16H21NO5S. The first-order valence-corrected chi connectivity index (χ1v) is 8.78. The van der Waals surface area contributed by atoms with Gasteiger partial charge in [0.05, 0.1) is 16.4 Å². The van der Waals surface area contributed by atoms with E-state index in [1.807, 2.05) is 6.08 Å². The summed E-state index contributed by atoms with van der Waals surface area (Å²) >= 11 is 0. The van der Waals surface area contributed by atoms with Crippen LogP contribution in [0.5, 0.6) is 0 Å². The monoisotopic (exact) mass is 339 g/mol. The molecule has 0 saturated carbocycles. The van der Waals surface area contributed by atoms with Gasteiger partial charge in [0.15, 0.2) is 0 Å². The molecule has 0 spiro atoms. The molecule has 0 aromatic heterocycles. The van der Waals surface area contributed by atoms with Crippen LogP contribution >= 0.6 is 0 Å². The fourth-order valence-electron chi connectivity index (χ4n) is 1.79. The molecule has 7 heteroatoms. The molecule has 0 saturated heterocycles. The first-order chi connectivity index (χ1) is 11.0. The molecule has 0 heterocycles. The van der Waals surface area contributed by atoms with Gasteiger partial charge in [-0.3, -0.25) is 14.3 Å². The zero-order chi connectivity index (χ0) is 17.1. The standard InChI is InChI=1S/C16H21NO5S/c1-2-3-4-5-6-7-8-9-14-22-23(20,21)16-12-10-15(11-13-16)17(18)19/h2,5-6,10-13H,1,3-4,7-9,14H2. The lowest BCUT2D eigenvalue weighted by Crippen LogP contribution is -2.07. The Bertz CT molecular complexity index is 635. The predicted octanol–water partition coefficient (Wildman–Crippen LogP) is 3.99. The molecule has 0 aliphatic carbocycles. The molecule has 126 valence electrons. The van der Waals surface area contributed by atoms with Gasteiger partial charge >= 0.3 is 0 Å². The van der Waals surface area contributed by atoms with Gasteiger partial charge in [0.25, 0.3) is 15.8 Å². The highest BCUT2D eigenvalue weighted by Gasteiger charge is 2.16. The van der Waals surface area contributed by atoms with Gasteiger partial charge in [-0.15, -0.1) is 6.58 Å². The van der Waals surface area contributed by atoms with Crippen LogP contribution < -0.4 is 0 Å². The van der Waals surface area contributed by atoms with E-state index in [2.05, 4.69) is 18.7 Å². The summed E-state index contributed by atoms with van der Waals surface area (Å²) in [5.74, 6) is 0. The number of non-ortho nitro benzene ring substituents is 1. The fraction of sp³-hybridized carbons (Fsp3) is 0.375. The molecule has 1 aromatic rings. The summed E-state index contributed by atoms with van der Waals surface area (Å²) < 4.78 is 28.7. The molecule has 0 unspecified atom stereocenters. The fourth-order valence-corrected chi connectivity index (χ4v) is 2.73. The quantitative estimate of drug-likeness (QED) is 0.200. The molecule has 0 atom stereocenters. The van der Waals surface area contributed by atoms with Crippen molar-refractivity contribution in [2.45, 2.75) is 37.0 Å². The highest BCUT2D eigenvalue weighted by atomic mass is 32.2. The third-order valence-corrected chi connectivity index (χ3v) is 4.37. The molecule has 0 amide bonds. The van der Waals surface area contributed by atoms with Crippen molar-refractivity contribution >= 4 is 15.8 Å². The van der Waals surface area contributed by atoms with Crippen molar-refractivity contribution in [1.29, 1.82) is 0 Å². The second-order valence-electron chi connectivity index (χ2n) is 4.86. The first kappa shape index (κ1) is 19.1. The third-order valence-electron chi connectivity index (χ3n) is 3.04. The van der Waals surface area contributed by atoms with E-state index in [0.717, 1.165) is 37.8 Å². The molecule has 0 aliphatic rings. The first-order valence-electron chi connectivity index (χ1n) is 7.37. The maximum absolute atomic E-state index is 11.9. The van der Waals surface area contributed by atoms with Gasteiger partial charge in [0.2, 0.25) is 0 Å². The van der Waals surface area contributed by atoms with Gasteiger partial charge in [-0.2, -0.15) is 8.42 Å². The Hall–Kier alpha value is -1.99. The van der Waals surface area contributed by atoms with E-state index < -0.39 is 15.0 Å². The van der Waals surface area contributed by atoms with Gasteiger partial charge in [-0.05, 0) is 44.2 Å². The number of hydrogen-bond donors (Lipinski definition) is 0. The number of nitro benzene ring substituents is 1. The van der Waals surface area contributed by atoms with Crippen molar-refractivity contribution in [2.75, 3.05) is 6.61 Å². The summed E-state index contributed by atoms with van der Waals surface area (Å²) in [7, 11) is -3.86. The average Bonchev–Trinajstić information content (AvgIpc) is 2.53. The van der Waals surface area contributed by atoms with E-state index >= 15 is 0 Å². The molecule has 0 fully saturated rings.